The average Bonchev–Trinajstić information content (AvgIpc) is 3.32. The molecule has 0 saturated carbocycles. The number of nitrogens with one attached hydrogen (secondary N) is 1. The number of thiophene rings is 1. The molecule has 3 aromatic rings. The van der Waals surface area contributed by atoms with Crippen LogP contribution in [0.5, 0.6) is 0 Å². The summed E-state index contributed by atoms with van der Waals surface area (Å²) in [6, 6.07) is 8.63. The van der Waals surface area contributed by atoms with Crippen LogP contribution in [0.4, 0.5) is 9.39 Å². The van der Waals surface area contributed by atoms with Crippen LogP contribution in [0.15, 0.2) is 42.1 Å². The Morgan fingerprint density at radius 3 is 3.03 bits per heavy atom. The van der Waals surface area contributed by atoms with Crippen LogP contribution in [0.25, 0.3) is 11.4 Å². The molecule has 1 aliphatic carbocycles. The monoisotopic (exact) mass is 467 g/mol. The number of carbonyl (C=O) groups is 1. The van der Waals surface area contributed by atoms with Gasteiger partial charge < -0.3 is 5.32 Å². The Kier molecular flexibility index (Phi) is 6.72. The van der Waals surface area contributed by atoms with Gasteiger partial charge in [-0.2, -0.15) is 5.26 Å². The molecule has 1 amide bonds. The number of nitrogens with zero attached hydrogens (tertiary/aromatic N) is 4. The summed E-state index contributed by atoms with van der Waals surface area (Å²) >= 11 is 2.72. The fraction of sp³-hybridized carbons (Fsp3) is 0.304. The van der Waals surface area contributed by atoms with Gasteiger partial charge in [-0.3, -0.25) is 9.36 Å². The lowest BCUT2D eigenvalue weighted by Crippen LogP contribution is -2.15. The molecule has 4 rings (SSSR count). The first-order chi connectivity index (χ1) is 15.5. The molecule has 2 heterocycles. The summed E-state index contributed by atoms with van der Waals surface area (Å²) in [6.07, 6.45) is 4.56. The molecule has 0 fully saturated rings. The van der Waals surface area contributed by atoms with Crippen LogP contribution in [-0.4, -0.2) is 26.4 Å². The van der Waals surface area contributed by atoms with Crippen molar-refractivity contribution in [2.24, 2.45) is 5.92 Å². The second-order valence-corrected chi connectivity index (χ2v) is 9.74. The number of aromatic nitrogens is 3. The molecule has 164 valence electrons. The van der Waals surface area contributed by atoms with Gasteiger partial charge in [0, 0.05) is 11.4 Å². The van der Waals surface area contributed by atoms with Crippen LogP contribution in [0, 0.1) is 23.1 Å². The molecular weight excluding hydrogens is 445 g/mol. The van der Waals surface area contributed by atoms with Crippen molar-refractivity contribution < 1.29 is 9.18 Å². The number of hydrogen-bond acceptors (Lipinski definition) is 6. The third-order valence-electron chi connectivity index (χ3n) is 5.35. The fourth-order valence-electron chi connectivity index (χ4n) is 3.78. The lowest BCUT2D eigenvalue weighted by atomic mass is 9.89. The Morgan fingerprint density at radius 2 is 2.28 bits per heavy atom. The molecule has 0 unspecified atom stereocenters. The number of nitriles is 1. The third-order valence-corrected chi connectivity index (χ3v) is 7.49. The van der Waals surface area contributed by atoms with Crippen LogP contribution in [0.2, 0.25) is 0 Å². The van der Waals surface area contributed by atoms with Gasteiger partial charge in [0.15, 0.2) is 11.0 Å². The zero-order valence-electron chi connectivity index (χ0n) is 17.6. The molecule has 9 heteroatoms. The highest BCUT2D eigenvalue weighted by molar-refractivity contribution is 7.99. The molecule has 2 aromatic heterocycles. The Morgan fingerprint density at radius 1 is 1.47 bits per heavy atom. The first kappa shape index (κ1) is 22.2. The Labute approximate surface area is 194 Å². The van der Waals surface area contributed by atoms with E-state index in [-0.39, 0.29) is 17.5 Å². The molecule has 0 bridgehead atoms. The van der Waals surface area contributed by atoms with E-state index in [1.54, 1.807) is 28.8 Å². The number of fused-ring (bicyclic) bond motifs is 1. The number of benzene rings is 1. The van der Waals surface area contributed by atoms with Crippen molar-refractivity contribution in [2.75, 3.05) is 11.1 Å². The van der Waals surface area contributed by atoms with Crippen LogP contribution >= 0.6 is 23.1 Å². The van der Waals surface area contributed by atoms with Gasteiger partial charge in [-0.1, -0.05) is 36.9 Å². The highest BCUT2D eigenvalue weighted by Gasteiger charge is 2.25. The van der Waals surface area contributed by atoms with E-state index in [0.717, 1.165) is 24.8 Å². The predicted octanol–water partition coefficient (Wildman–Crippen LogP) is 5.06. The molecular formula is C23H22FN5OS2. The smallest absolute Gasteiger partial charge is 0.235 e. The normalized spacial score (nSPS) is 15.1. The SMILES string of the molecule is C=CCn1c(SCC(=O)Nc2sc3c(c2C#N)CC[C@@H](C)C3)nnc1-c1ccccc1F. The van der Waals surface area contributed by atoms with Crippen LogP contribution in [0.1, 0.15) is 29.3 Å². The minimum absolute atomic E-state index is 0.0936. The Bertz CT molecular complexity index is 1210. The van der Waals surface area contributed by atoms with Gasteiger partial charge in [0.05, 0.1) is 16.9 Å². The molecule has 0 saturated heterocycles. The molecule has 0 radical (unpaired) electrons. The maximum atomic E-state index is 14.3. The van der Waals surface area contributed by atoms with Crippen LogP contribution < -0.4 is 5.32 Å². The Balaban J connectivity index is 1.49. The Hall–Kier alpha value is -2.96. The predicted molar refractivity (Wildman–Crippen MR) is 125 cm³/mol. The number of amides is 1. The first-order valence-electron chi connectivity index (χ1n) is 10.3. The van der Waals surface area contributed by atoms with E-state index in [2.05, 4.69) is 35.1 Å². The summed E-state index contributed by atoms with van der Waals surface area (Å²) < 4.78 is 16.0. The van der Waals surface area contributed by atoms with E-state index in [1.807, 2.05) is 0 Å². The fourth-order valence-corrected chi connectivity index (χ4v) is 5.91. The molecule has 6 nitrogen and oxygen atoms in total. The second kappa shape index (κ2) is 9.67. The molecule has 32 heavy (non-hydrogen) atoms. The van der Waals surface area contributed by atoms with Gasteiger partial charge in [0.25, 0.3) is 0 Å². The van der Waals surface area contributed by atoms with Gasteiger partial charge in [0.1, 0.15) is 16.9 Å². The number of hydrogen-bond donors (Lipinski definition) is 1. The highest BCUT2D eigenvalue weighted by Crippen LogP contribution is 2.39. The van der Waals surface area contributed by atoms with Gasteiger partial charge in [0.2, 0.25) is 5.91 Å². The van der Waals surface area contributed by atoms with Gasteiger partial charge >= 0.3 is 0 Å². The van der Waals surface area contributed by atoms with Crippen molar-refractivity contribution in [3.63, 3.8) is 0 Å². The number of allylic oxidation sites excluding steroid dienone is 1. The quantitative estimate of drug-likeness (QED) is 0.388. The number of rotatable bonds is 7. The lowest BCUT2D eigenvalue weighted by molar-refractivity contribution is -0.113. The highest BCUT2D eigenvalue weighted by atomic mass is 32.2. The number of halogens is 1. The largest absolute Gasteiger partial charge is 0.316 e. The van der Waals surface area contributed by atoms with Crippen LogP contribution in [0.3, 0.4) is 0 Å². The summed E-state index contributed by atoms with van der Waals surface area (Å²) in [7, 11) is 0. The van der Waals surface area contributed by atoms with E-state index in [1.165, 1.54) is 34.0 Å². The minimum atomic E-state index is -0.389. The molecule has 0 spiro atoms. The van der Waals surface area contributed by atoms with E-state index in [0.29, 0.717) is 39.6 Å². The summed E-state index contributed by atoms with van der Waals surface area (Å²) in [5.74, 6) is 0.457. The molecule has 1 aromatic carbocycles. The average molecular weight is 468 g/mol. The minimum Gasteiger partial charge on any atom is -0.316 e. The standard InChI is InChI=1S/C23H22FN5OS2/c1-3-10-29-21(16-6-4-5-7-18(16)24)27-28-23(29)31-13-20(30)26-22-17(12-25)15-9-8-14(2)11-19(15)32-22/h3-7,14H,1,8-11,13H2,2H3,(H,26,30)/t14-/m1/s1. The molecule has 0 aliphatic heterocycles. The molecule has 1 atom stereocenters. The van der Waals surface area contributed by atoms with Gasteiger partial charge in [-0.05, 0) is 42.9 Å². The van der Waals surface area contributed by atoms with Crippen molar-refractivity contribution in [3.05, 3.63) is 58.7 Å². The zero-order chi connectivity index (χ0) is 22.7. The van der Waals surface area contributed by atoms with Crippen molar-refractivity contribution in [1.82, 2.24) is 14.8 Å². The van der Waals surface area contributed by atoms with Crippen molar-refractivity contribution in [2.45, 2.75) is 37.9 Å². The van der Waals surface area contributed by atoms with Crippen LogP contribution in [-0.2, 0) is 24.2 Å². The zero-order valence-corrected chi connectivity index (χ0v) is 19.2. The maximum absolute atomic E-state index is 14.3. The second-order valence-electron chi connectivity index (χ2n) is 7.69. The molecule has 1 aliphatic rings. The summed E-state index contributed by atoms with van der Waals surface area (Å²) in [5, 5.41) is 21.9. The lowest BCUT2D eigenvalue weighted by Gasteiger charge is -2.17. The van der Waals surface area contributed by atoms with Crippen molar-refractivity contribution in [1.29, 1.82) is 5.26 Å². The third kappa shape index (κ3) is 4.47. The van der Waals surface area contributed by atoms with E-state index in [4.69, 9.17) is 0 Å². The maximum Gasteiger partial charge on any atom is 0.235 e. The van der Waals surface area contributed by atoms with Gasteiger partial charge in [-0.15, -0.1) is 28.1 Å². The number of carbonyl (C=O) groups excluding carboxylic acids is 1. The number of thioether (sulfide) groups is 1. The van der Waals surface area contributed by atoms with E-state index >= 15 is 0 Å². The van der Waals surface area contributed by atoms with Crippen molar-refractivity contribution in [3.8, 4) is 17.5 Å². The summed E-state index contributed by atoms with van der Waals surface area (Å²) in [5.41, 5.74) is 2.01. The first-order valence-corrected chi connectivity index (χ1v) is 12.1. The van der Waals surface area contributed by atoms with E-state index < -0.39 is 0 Å². The van der Waals surface area contributed by atoms with E-state index in [9.17, 15) is 14.4 Å². The van der Waals surface area contributed by atoms with Crippen molar-refractivity contribution >= 4 is 34.0 Å². The summed E-state index contributed by atoms with van der Waals surface area (Å²) in [6.45, 7) is 6.34. The number of anilines is 1. The molecule has 1 N–H and O–H groups in total. The topological polar surface area (TPSA) is 83.6 Å². The van der Waals surface area contributed by atoms with Gasteiger partial charge in [-0.25, -0.2) is 4.39 Å². The summed E-state index contributed by atoms with van der Waals surface area (Å²) in [4.78, 5) is 13.9.